The number of hydrogen-bond acceptors (Lipinski definition) is 2. The van der Waals surface area contributed by atoms with Gasteiger partial charge in [-0.25, -0.2) is 0 Å². The zero-order valence-electron chi connectivity index (χ0n) is 11.7. The molecule has 2 N–H and O–H groups in total. The molecule has 0 aliphatic rings. The molecule has 2 rings (SSSR count). The highest BCUT2D eigenvalue weighted by atomic mass is 127. The fraction of sp³-hybridized carbons (Fsp3) is 0.294. The first-order valence-electron chi connectivity index (χ1n) is 6.85. The van der Waals surface area contributed by atoms with E-state index >= 15 is 0 Å². The summed E-state index contributed by atoms with van der Waals surface area (Å²) in [5, 5.41) is 0. The first-order chi connectivity index (χ1) is 9.63. The molecule has 1 unspecified atom stereocenters. The average molecular weight is 381 g/mol. The lowest BCUT2D eigenvalue weighted by Gasteiger charge is -2.08. The average Bonchev–Trinajstić information content (AvgIpc) is 2.45. The molecule has 0 heterocycles. The van der Waals surface area contributed by atoms with Crippen LogP contribution in [-0.4, -0.2) is 6.04 Å². The van der Waals surface area contributed by atoms with E-state index in [0.29, 0.717) is 6.61 Å². The fourth-order valence-corrected chi connectivity index (χ4v) is 2.25. The van der Waals surface area contributed by atoms with Gasteiger partial charge in [-0.1, -0.05) is 24.3 Å². The molecule has 0 radical (unpaired) electrons. The van der Waals surface area contributed by atoms with Crippen molar-refractivity contribution in [1.82, 2.24) is 0 Å². The summed E-state index contributed by atoms with van der Waals surface area (Å²) in [7, 11) is 0. The van der Waals surface area contributed by atoms with Crippen molar-refractivity contribution >= 4 is 22.6 Å². The van der Waals surface area contributed by atoms with E-state index in [2.05, 4.69) is 59.0 Å². The van der Waals surface area contributed by atoms with E-state index in [1.807, 2.05) is 19.1 Å². The summed E-state index contributed by atoms with van der Waals surface area (Å²) < 4.78 is 7.03. The zero-order valence-corrected chi connectivity index (χ0v) is 13.8. The summed E-state index contributed by atoms with van der Waals surface area (Å²) in [6, 6.07) is 16.9. The summed E-state index contributed by atoms with van der Waals surface area (Å²) in [5.74, 6) is 0.910. The van der Waals surface area contributed by atoms with Gasteiger partial charge in [-0.05, 0) is 77.7 Å². The molecule has 2 aromatic rings. The summed E-state index contributed by atoms with van der Waals surface area (Å²) in [4.78, 5) is 0. The molecule has 0 saturated heterocycles. The van der Waals surface area contributed by atoms with Gasteiger partial charge in [0.15, 0.2) is 0 Å². The minimum Gasteiger partial charge on any atom is -0.489 e. The summed E-state index contributed by atoms with van der Waals surface area (Å²) in [6.45, 7) is 2.65. The number of hydrogen-bond donors (Lipinski definition) is 1. The molecule has 0 aromatic heterocycles. The molecular weight excluding hydrogens is 361 g/mol. The van der Waals surface area contributed by atoms with Crippen molar-refractivity contribution in [1.29, 1.82) is 0 Å². The van der Waals surface area contributed by atoms with Crippen LogP contribution < -0.4 is 10.5 Å². The monoisotopic (exact) mass is 381 g/mol. The lowest BCUT2D eigenvalue weighted by Crippen LogP contribution is -2.15. The Labute approximate surface area is 134 Å². The Hall–Kier alpha value is -1.07. The Morgan fingerprint density at radius 2 is 1.60 bits per heavy atom. The van der Waals surface area contributed by atoms with Gasteiger partial charge in [-0.3, -0.25) is 0 Å². The van der Waals surface area contributed by atoms with Crippen molar-refractivity contribution in [3.8, 4) is 5.75 Å². The maximum Gasteiger partial charge on any atom is 0.119 e. The van der Waals surface area contributed by atoms with Gasteiger partial charge >= 0.3 is 0 Å². The first kappa shape index (κ1) is 15.3. The van der Waals surface area contributed by atoms with Gasteiger partial charge in [0.05, 0.1) is 0 Å². The Morgan fingerprint density at radius 3 is 2.20 bits per heavy atom. The van der Waals surface area contributed by atoms with E-state index in [4.69, 9.17) is 10.5 Å². The van der Waals surface area contributed by atoms with Gasteiger partial charge in [0.2, 0.25) is 0 Å². The number of halogens is 1. The third-order valence-electron chi connectivity index (χ3n) is 3.13. The van der Waals surface area contributed by atoms with Crippen molar-refractivity contribution in [2.75, 3.05) is 0 Å². The van der Waals surface area contributed by atoms with Crippen LogP contribution in [0.15, 0.2) is 48.5 Å². The molecule has 20 heavy (non-hydrogen) atoms. The second-order valence-corrected chi connectivity index (χ2v) is 6.32. The molecule has 0 fully saturated rings. The third-order valence-corrected chi connectivity index (χ3v) is 3.85. The Balaban J connectivity index is 1.85. The van der Waals surface area contributed by atoms with E-state index < -0.39 is 0 Å². The van der Waals surface area contributed by atoms with Crippen LogP contribution in [0, 0.1) is 3.57 Å². The highest BCUT2D eigenvalue weighted by molar-refractivity contribution is 14.1. The van der Waals surface area contributed by atoms with Gasteiger partial charge in [-0.2, -0.15) is 0 Å². The molecule has 0 aliphatic heterocycles. The lowest BCUT2D eigenvalue weighted by molar-refractivity contribution is 0.306. The standard InChI is InChI=1S/C17H20INO/c1-13(19)2-3-14-6-10-17(11-7-14)20-12-15-4-8-16(18)9-5-15/h4-11,13H,2-3,12,19H2,1H3. The summed E-state index contributed by atoms with van der Waals surface area (Å²) in [5.41, 5.74) is 8.26. The molecule has 0 aliphatic carbocycles. The van der Waals surface area contributed by atoms with Gasteiger partial charge in [0.1, 0.15) is 12.4 Å². The molecule has 1 atom stereocenters. The van der Waals surface area contributed by atoms with Crippen LogP contribution >= 0.6 is 22.6 Å². The van der Waals surface area contributed by atoms with Crippen LogP contribution in [-0.2, 0) is 13.0 Å². The van der Waals surface area contributed by atoms with Crippen LogP contribution in [0.25, 0.3) is 0 Å². The minimum absolute atomic E-state index is 0.256. The highest BCUT2D eigenvalue weighted by Gasteiger charge is 1.99. The second kappa shape index (κ2) is 7.64. The molecule has 106 valence electrons. The smallest absolute Gasteiger partial charge is 0.119 e. The van der Waals surface area contributed by atoms with Crippen molar-refractivity contribution < 1.29 is 4.74 Å². The molecule has 0 saturated carbocycles. The Bertz CT molecular complexity index is 520. The molecule has 0 spiro atoms. The molecule has 2 aromatic carbocycles. The topological polar surface area (TPSA) is 35.2 Å². The van der Waals surface area contributed by atoms with Crippen LogP contribution in [0.5, 0.6) is 5.75 Å². The lowest BCUT2D eigenvalue weighted by atomic mass is 10.1. The summed E-state index contributed by atoms with van der Waals surface area (Å²) >= 11 is 2.30. The summed E-state index contributed by atoms with van der Waals surface area (Å²) in [6.07, 6.45) is 2.04. The van der Waals surface area contributed by atoms with Crippen molar-refractivity contribution in [3.63, 3.8) is 0 Å². The molecular formula is C17H20INO. The van der Waals surface area contributed by atoms with Gasteiger partial charge < -0.3 is 10.5 Å². The zero-order chi connectivity index (χ0) is 14.4. The van der Waals surface area contributed by atoms with Gasteiger partial charge in [-0.15, -0.1) is 0 Å². The van der Waals surface area contributed by atoms with Crippen LogP contribution in [0.4, 0.5) is 0 Å². The van der Waals surface area contributed by atoms with Crippen LogP contribution in [0.3, 0.4) is 0 Å². The predicted octanol–water partition coefficient (Wildman–Crippen LogP) is 4.15. The predicted molar refractivity (Wildman–Crippen MR) is 91.9 cm³/mol. The first-order valence-corrected chi connectivity index (χ1v) is 7.93. The van der Waals surface area contributed by atoms with E-state index in [1.165, 1.54) is 14.7 Å². The minimum atomic E-state index is 0.256. The largest absolute Gasteiger partial charge is 0.489 e. The van der Waals surface area contributed by atoms with E-state index in [1.54, 1.807) is 0 Å². The molecule has 0 amide bonds. The highest BCUT2D eigenvalue weighted by Crippen LogP contribution is 2.16. The number of rotatable bonds is 6. The van der Waals surface area contributed by atoms with E-state index in [-0.39, 0.29) is 6.04 Å². The molecule has 0 bridgehead atoms. The maximum absolute atomic E-state index is 5.79. The van der Waals surface area contributed by atoms with Crippen LogP contribution in [0.2, 0.25) is 0 Å². The number of ether oxygens (including phenoxy) is 1. The molecule has 2 nitrogen and oxygen atoms in total. The fourth-order valence-electron chi connectivity index (χ4n) is 1.89. The quantitative estimate of drug-likeness (QED) is 0.763. The maximum atomic E-state index is 5.79. The normalized spacial score (nSPS) is 12.2. The third kappa shape index (κ3) is 5.13. The number of nitrogens with two attached hydrogens (primary N) is 1. The van der Waals surface area contributed by atoms with E-state index in [0.717, 1.165) is 18.6 Å². The Morgan fingerprint density at radius 1 is 1.00 bits per heavy atom. The molecule has 3 heteroatoms. The van der Waals surface area contributed by atoms with Gasteiger partial charge in [0.25, 0.3) is 0 Å². The van der Waals surface area contributed by atoms with E-state index in [9.17, 15) is 0 Å². The Kier molecular flexibility index (Phi) is 5.86. The number of aryl methyl sites for hydroxylation is 1. The van der Waals surface area contributed by atoms with Crippen molar-refractivity contribution in [3.05, 3.63) is 63.2 Å². The van der Waals surface area contributed by atoms with Crippen molar-refractivity contribution in [2.45, 2.75) is 32.4 Å². The van der Waals surface area contributed by atoms with Gasteiger partial charge in [0, 0.05) is 9.61 Å². The SMILES string of the molecule is CC(N)CCc1ccc(OCc2ccc(I)cc2)cc1. The van der Waals surface area contributed by atoms with Crippen LogP contribution in [0.1, 0.15) is 24.5 Å². The van der Waals surface area contributed by atoms with Crippen molar-refractivity contribution in [2.24, 2.45) is 5.73 Å². The number of benzene rings is 2. The second-order valence-electron chi connectivity index (χ2n) is 5.08.